The molecule has 0 fully saturated rings. The number of amides is 2. The average Bonchev–Trinajstić information content (AvgIpc) is 3.29. The Hall–Kier alpha value is -3.81. The zero-order valence-electron chi connectivity index (χ0n) is 19.4. The highest BCUT2D eigenvalue weighted by molar-refractivity contribution is 6.05. The number of hydrogen-bond donors (Lipinski definition) is 1. The molecule has 0 radical (unpaired) electrons. The Morgan fingerprint density at radius 1 is 1.09 bits per heavy atom. The number of fused-ring (bicyclic) bond motifs is 2. The quantitative estimate of drug-likeness (QED) is 0.635. The van der Waals surface area contributed by atoms with Crippen LogP contribution < -0.4 is 9.47 Å². The number of H-pyrrole nitrogens is 1. The third-order valence-electron chi connectivity index (χ3n) is 6.29. The van der Waals surface area contributed by atoms with Crippen LogP contribution in [0.3, 0.4) is 0 Å². The number of halogens is 1. The highest BCUT2D eigenvalue weighted by Gasteiger charge is 2.26. The smallest absolute Gasteiger partial charge is 0.269 e. The van der Waals surface area contributed by atoms with Gasteiger partial charge in [0.1, 0.15) is 18.9 Å². The van der Waals surface area contributed by atoms with Crippen molar-refractivity contribution in [2.75, 3.05) is 40.4 Å². The number of carbonyl (C=O) groups excluding carboxylic acids is 2. The first-order chi connectivity index (χ1) is 16.3. The Labute approximate surface area is 196 Å². The summed E-state index contributed by atoms with van der Waals surface area (Å²) in [6, 6.07) is 9.08. The molecule has 2 aromatic carbocycles. The van der Waals surface area contributed by atoms with Crippen LogP contribution in [0, 0.1) is 5.82 Å². The van der Waals surface area contributed by atoms with Gasteiger partial charge in [-0.2, -0.15) is 0 Å². The van der Waals surface area contributed by atoms with E-state index < -0.39 is 5.82 Å². The molecule has 0 spiro atoms. The van der Waals surface area contributed by atoms with E-state index in [1.165, 1.54) is 11.8 Å². The van der Waals surface area contributed by atoms with Crippen LogP contribution in [-0.2, 0) is 4.79 Å². The zero-order chi connectivity index (χ0) is 24.0. The lowest BCUT2D eigenvalue weighted by Gasteiger charge is -2.27. The monoisotopic (exact) mass is 463 g/mol. The van der Waals surface area contributed by atoms with Crippen molar-refractivity contribution in [1.29, 1.82) is 0 Å². The number of nitrogens with one attached hydrogen (secondary N) is 1. The minimum absolute atomic E-state index is 0.0475. The highest BCUT2D eigenvalue weighted by Crippen LogP contribution is 2.44. The van der Waals surface area contributed by atoms with E-state index in [1.54, 1.807) is 31.1 Å². The summed E-state index contributed by atoms with van der Waals surface area (Å²) in [6.07, 6.45) is 2.62. The van der Waals surface area contributed by atoms with Gasteiger partial charge in [0, 0.05) is 50.6 Å². The number of ether oxygens (including phenoxy) is 2. The molecule has 3 heterocycles. The maximum atomic E-state index is 15.9. The van der Waals surface area contributed by atoms with E-state index in [-0.39, 0.29) is 17.3 Å². The zero-order valence-corrected chi connectivity index (χ0v) is 19.4. The maximum Gasteiger partial charge on any atom is 0.269 e. The van der Waals surface area contributed by atoms with Gasteiger partial charge in [-0.05, 0) is 35.8 Å². The van der Waals surface area contributed by atoms with Crippen LogP contribution in [-0.4, -0.2) is 67.0 Å². The predicted molar refractivity (Wildman–Crippen MR) is 128 cm³/mol. The van der Waals surface area contributed by atoms with E-state index in [1.807, 2.05) is 24.3 Å². The van der Waals surface area contributed by atoms with Gasteiger partial charge in [-0.1, -0.05) is 18.2 Å². The fraction of sp³-hybridized carbons (Fsp3) is 0.308. The number of aromatic nitrogens is 1. The first-order valence-corrected chi connectivity index (χ1v) is 11.3. The molecule has 8 heteroatoms. The van der Waals surface area contributed by atoms with E-state index in [2.05, 4.69) is 4.98 Å². The lowest BCUT2D eigenvalue weighted by Crippen LogP contribution is -2.33. The molecule has 0 aliphatic carbocycles. The van der Waals surface area contributed by atoms with Crippen LogP contribution >= 0.6 is 0 Å². The Morgan fingerprint density at radius 3 is 2.65 bits per heavy atom. The lowest BCUT2D eigenvalue weighted by molar-refractivity contribution is -0.128. The van der Waals surface area contributed by atoms with E-state index in [0.29, 0.717) is 60.9 Å². The normalized spacial score (nSPS) is 15.3. The molecule has 0 atom stereocenters. The summed E-state index contributed by atoms with van der Waals surface area (Å²) < 4.78 is 27.6. The fourth-order valence-electron chi connectivity index (χ4n) is 4.57. The number of aromatic amines is 1. The summed E-state index contributed by atoms with van der Waals surface area (Å²) in [5.41, 5.74) is 3.15. The Morgan fingerprint density at radius 2 is 1.88 bits per heavy atom. The molecular formula is C26H26FN3O4. The van der Waals surface area contributed by atoms with Gasteiger partial charge in [0.25, 0.3) is 5.91 Å². The second-order valence-electron chi connectivity index (χ2n) is 8.75. The summed E-state index contributed by atoms with van der Waals surface area (Å²) in [5.74, 6) is 0.473. The van der Waals surface area contributed by atoms with E-state index in [9.17, 15) is 9.59 Å². The number of carbonyl (C=O) groups is 2. The standard InChI is InChI=1S/C26H26FN3O4/c1-15(31)30-9-5-6-16(14-30)18-12-19(17-7-4-8-22-25(17)34-11-10-33-22)20-13-21(26(32)29(2)3)28-24(20)23(18)27/h4,6-8,12-13,28H,5,9-11,14H2,1-3H3. The van der Waals surface area contributed by atoms with Gasteiger partial charge in [0.05, 0.1) is 5.52 Å². The molecule has 0 saturated carbocycles. The van der Waals surface area contributed by atoms with E-state index in [0.717, 1.165) is 16.7 Å². The average molecular weight is 464 g/mol. The molecule has 34 heavy (non-hydrogen) atoms. The van der Waals surface area contributed by atoms with E-state index in [4.69, 9.17) is 9.47 Å². The molecule has 2 aliphatic rings. The minimum atomic E-state index is -0.449. The Balaban J connectivity index is 1.76. The van der Waals surface area contributed by atoms with E-state index >= 15 is 4.39 Å². The first kappa shape index (κ1) is 22.0. The first-order valence-electron chi connectivity index (χ1n) is 11.3. The van der Waals surface area contributed by atoms with Gasteiger partial charge in [-0.3, -0.25) is 9.59 Å². The molecule has 0 unspecified atom stereocenters. The highest BCUT2D eigenvalue weighted by atomic mass is 19.1. The molecule has 1 N–H and O–H groups in total. The number of benzene rings is 2. The molecule has 176 valence electrons. The van der Waals surface area contributed by atoms with Gasteiger partial charge >= 0.3 is 0 Å². The Kier molecular flexibility index (Phi) is 5.51. The van der Waals surface area contributed by atoms with Gasteiger partial charge in [0.15, 0.2) is 17.3 Å². The van der Waals surface area contributed by atoms with Crippen molar-refractivity contribution >= 4 is 28.3 Å². The van der Waals surface area contributed by atoms with Crippen molar-refractivity contribution in [2.45, 2.75) is 13.3 Å². The predicted octanol–water partition coefficient (Wildman–Crippen LogP) is 4.08. The maximum absolute atomic E-state index is 15.9. The van der Waals surface area contributed by atoms with Gasteiger partial charge < -0.3 is 24.3 Å². The van der Waals surface area contributed by atoms with Crippen molar-refractivity contribution in [3.05, 3.63) is 53.5 Å². The minimum Gasteiger partial charge on any atom is -0.486 e. The SMILES string of the molecule is CC(=O)N1CCC=C(c2cc(-c3cccc4c3OCCO4)c3cc(C(=O)N(C)C)[nH]c3c2F)C1. The van der Waals surface area contributed by atoms with Crippen molar-refractivity contribution in [1.82, 2.24) is 14.8 Å². The number of para-hydroxylation sites is 1. The molecular weight excluding hydrogens is 437 g/mol. The summed E-state index contributed by atoms with van der Waals surface area (Å²) in [4.78, 5) is 30.8. The second kappa shape index (κ2) is 8.52. The molecule has 1 aromatic heterocycles. The van der Waals surface area contributed by atoms with Crippen molar-refractivity contribution in [3.8, 4) is 22.6 Å². The number of rotatable bonds is 3. The van der Waals surface area contributed by atoms with Crippen LogP contribution in [0.25, 0.3) is 27.6 Å². The third-order valence-corrected chi connectivity index (χ3v) is 6.29. The third kappa shape index (κ3) is 3.69. The van der Waals surface area contributed by atoms with Crippen LogP contribution in [0.15, 0.2) is 36.4 Å². The number of nitrogens with zero attached hydrogens (tertiary/aromatic N) is 2. The van der Waals surface area contributed by atoms with Gasteiger partial charge in [-0.15, -0.1) is 0 Å². The van der Waals surface area contributed by atoms with Crippen LogP contribution in [0.1, 0.15) is 29.4 Å². The van der Waals surface area contributed by atoms with Gasteiger partial charge in [-0.25, -0.2) is 4.39 Å². The number of hydrogen-bond acceptors (Lipinski definition) is 4. The van der Waals surface area contributed by atoms with Crippen LogP contribution in [0.5, 0.6) is 11.5 Å². The summed E-state index contributed by atoms with van der Waals surface area (Å²) in [6.45, 7) is 3.33. The molecule has 5 rings (SSSR count). The van der Waals surface area contributed by atoms with Crippen LogP contribution in [0.2, 0.25) is 0 Å². The van der Waals surface area contributed by atoms with Crippen LogP contribution in [0.4, 0.5) is 4.39 Å². The van der Waals surface area contributed by atoms with Crippen molar-refractivity contribution < 1.29 is 23.5 Å². The molecule has 3 aromatic rings. The van der Waals surface area contributed by atoms with Crippen molar-refractivity contribution in [3.63, 3.8) is 0 Å². The Bertz CT molecular complexity index is 1340. The molecule has 0 saturated heterocycles. The topological polar surface area (TPSA) is 74.9 Å². The molecule has 0 bridgehead atoms. The lowest BCUT2D eigenvalue weighted by atomic mass is 9.92. The molecule has 2 amide bonds. The summed E-state index contributed by atoms with van der Waals surface area (Å²) in [7, 11) is 3.30. The van der Waals surface area contributed by atoms with Gasteiger partial charge in [0.2, 0.25) is 5.91 Å². The fourth-order valence-corrected chi connectivity index (χ4v) is 4.57. The second-order valence-corrected chi connectivity index (χ2v) is 8.75. The largest absolute Gasteiger partial charge is 0.486 e. The van der Waals surface area contributed by atoms with Crippen molar-refractivity contribution in [2.24, 2.45) is 0 Å². The molecule has 2 aliphatic heterocycles. The summed E-state index contributed by atoms with van der Waals surface area (Å²) >= 11 is 0. The summed E-state index contributed by atoms with van der Waals surface area (Å²) in [5, 5.41) is 0.578. The molecule has 7 nitrogen and oxygen atoms in total.